The van der Waals surface area contributed by atoms with E-state index in [1.165, 1.54) is 6.07 Å². The lowest BCUT2D eigenvalue weighted by Crippen LogP contribution is -2.14. The molecule has 0 fully saturated rings. The molecule has 2 aromatic rings. The van der Waals surface area contributed by atoms with E-state index in [1.54, 1.807) is 25.3 Å². The number of rotatable bonds is 2. The molecule has 1 unspecified atom stereocenters. The number of nitrogens with zero attached hydrogens (tertiary/aromatic N) is 1. The monoisotopic (exact) mass is 230 g/mol. The van der Waals surface area contributed by atoms with Crippen molar-refractivity contribution >= 4 is 0 Å². The van der Waals surface area contributed by atoms with Gasteiger partial charge in [-0.3, -0.25) is 4.98 Å². The SMILES string of the molecule is Cc1ccnc(C(N)c2ccc(F)c(C)c2)c1. The van der Waals surface area contributed by atoms with Gasteiger partial charge in [-0.2, -0.15) is 0 Å². The van der Waals surface area contributed by atoms with Crippen molar-refractivity contribution in [2.75, 3.05) is 0 Å². The summed E-state index contributed by atoms with van der Waals surface area (Å²) >= 11 is 0. The summed E-state index contributed by atoms with van der Waals surface area (Å²) < 4.78 is 13.2. The first kappa shape index (κ1) is 11.7. The van der Waals surface area contributed by atoms with Crippen LogP contribution >= 0.6 is 0 Å². The zero-order valence-electron chi connectivity index (χ0n) is 9.94. The molecule has 0 amide bonds. The number of aromatic nitrogens is 1. The minimum Gasteiger partial charge on any atom is -0.319 e. The van der Waals surface area contributed by atoms with Crippen LogP contribution in [0.1, 0.15) is 28.4 Å². The van der Waals surface area contributed by atoms with Gasteiger partial charge in [0.2, 0.25) is 0 Å². The fourth-order valence-electron chi connectivity index (χ4n) is 1.76. The van der Waals surface area contributed by atoms with Crippen LogP contribution in [0.3, 0.4) is 0 Å². The molecular weight excluding hydrogens is 215 g/mol. The van der Waals surface area contributed by atoms with Gasteiger partial charge in [0.1, 0.15) is 5.82 Å². The van der Waals surface area contributed by atoms with Gasteiger partial charge in [0.25, 0.3) is 0 Å². The number of halogens is 1. The molecule has 0 spiro atoms. The summed E-state index contributed by atoms with van der Waals surface area (Å²) in [6.45, 7) is 3.73. The number of benzene rings is 1. The predicted molar refractivity (Wildman–Crippen MR) is 66.1 cm³/mol. The molecule has 3 heteroatoms. The lowest BCUT2D eigenvalue weighted by Gasteiger charge is -2.13. The number of pyridine rings is 1. The summed E-state index contributed by atoms with van der Waals surface area (Å²) in [7, 11) is 0. The molecule has 0 aliphatic heterocycles. The van der Waals surface area contributed by atoms with Crippen LogP contribution in [0.2, 0.25) is 0 Å². The maximum absolute atomic E-state index is 13.2. The van der Waals surface area contributed by atoms with E-state index in [-0.39, 0.29) is 11.9 Å². The van der Waals surface area contributed by atoms with E-state index in [4.69, 9.17) is 5.73 Å². The zero-order valence-corrected chi connectivity index (χ0v) is 9.94. The van der Waals surface area contributed by atoms with E-state index in [2.05, 4.69) is 4.98 Å². The Balaban J connectivity index is 2.36. The van der Waals surface area contributed by atoms with Gasteiger partial charge in [-0.25, -0.2) is 4.39 Å². The molecule has 0 radical (unpaired) electrons. The predicted octanol–water partition coefficient (Wildman–Crippen LogP) is 2.89. The van der Waals surface area contributed by atoms with Gasteiger partial charge in [-0.15, -0.1) is 0 Å². The second-order valence-corrected chi connectivity index (χ2v) is 4.24. The summed E-state index contributed by atoms with van der Waals surface area (Å²) in [5.74, 6) is -0.210. The van der Waals surface area contributed by atoms with Crippen LogP contribution in [-0.2, 0) is 0 Å². The lowest BCUT2D eigenvalue weighted by molar-refractivity contribution is 0.616. The Kier molecular flexibility index (Phi) is 3.20. The third kappa shape index (κ3) is 2.50. The first-order valence-corrected chi connectivity index (χ1v) is 5.52. The average molecular weight is 230 g/mol. The van der Waals surface area contributed by atoms with Gasteiger partial charge in [0.05, 0.1) is 11.7 Å². The van der Waals surface area contributed by atoms with Crippen molar-refractivity contribution < 1.29 is 4.39 Å². The van der Waals surface area contributed by atoms with Gasteiger partial charge in [-0.1, -0.05) is 12.1 Å². The minimum absolute atomic E-state index is 0.210. The molecule has 1 aromatic heterocycles. The summed E-state index contributed by atoms with van der Waals surface area (Å²) in [5.41, 5.74) is 9.52. The molecule has 0 saturated heterocycles. The Bertz CT molecular complexity index is 537. The van der Waals surface area contributed by atoms with E-state index in [1.807, 2.05) is 19.1 Å². The van der Waals surface area contributed by atoms with Crippen molar-refractivity contribution in [3.05, 3.63) is 64.7 Å². The lowest BCUT2D eigenvalue weighted by atomic mass is 10.0. The third-order valence-corrected chi connectivity index (χ3v) is 2.80. The smallest absolute Gasteiger partial charge is 0.126 e. The van der Waals surface area contributed by atoms with Crippen molar-refractivity contribution in [1.29, 1.82) is 0 Å². The molecule has 2 N–H and O–H groups in total. The Labute approximate surface area is 100 Å². The molecule has 0 saturated carbocycles. The highest BCUT2D eigenvalue weighted by atomic mass is 19.1. The van der Waals surface area contributed by atoms with Crippen molar-refractivity contribution in [3.63, 3.8) is 0 Å². The molecule has 0 aliphatic carbocycles. The van der Waals surface area contributed by atoms with Crippen LogP contribution < -0.4 is 5.73 Å². The number of aryl methyl sites for hydroxylation is 2. The maximum Gasteiger partial charge on any atom is 0.126 e. The molecule has 88 valence electrons. The average Bonchev–Trinajstić information content (AvgIpc) is 2.32. The van der Waals surface area contributed by atoms with Crippen molar-refractivity contribution in [3.8, 4) is 0 Å². The van der Waals surface area contributed by atoms with Gasteiger partial charge < -0.3 is 5.73 Å². The van der Waals surface area contributed by atoms with Gasteiger partial charge >= 0.3 is 0 Å². The topological polar surface area (TPSA) is 38.9 Å². The molecule has 2 nitrogen and oxygen atoms in total. The first-order valence-electron chi connectivity index (χ1n) is 5.52. The fourth-order valence-corrected chi connectivity index (χ4v) is 1.76. The quantitative estimate of drug-likeness (QED) is 0.861. The largest absolute Gasteiger partial charge is 0.319 e. The second kappa shape index (κ2) is 4.63. The molecule has 1 heterocycles. The Hall–Kier alpha value is -1.74. The molecule has 1 atom stereocenters. The van der Waals surface area contributed by atoms with Gasteiger partial charge in [0, 0.05) is 6.20 Å². The maximum atomic E-state index is 13.2. The minimum atomic E-state index is -0.311. The zero-order chi connectivity index (χ0) is 12.4. The third-order valence-electron chi connectivity index (χ3n) is 2.80. The molecular formula is C14H15FN2. The van der Waals surface area contributed by atoms with Crippen LogP contribution in [0.4, 0.5) is 4.39 Å². The van der Waals surface area contributed by atoms with Gasteiger partial charge in [-0.05, 0) is 48.7 Å². The number of hydrogen-bond acceptors (Lipinski definition) is 2. The highest BCUT2D eigenvalue weighted by Crippen LogP contribution is 2.20. The van der Waals surface area contributed by atoms with Crippen molar-refractivity contribution in [2.45, 2.75) is 19.9 Å². The van der Waals surface area contributed by atoms with E-state index in [9.17, 15) is 4.39 Å². The van der Waals surface area contributed by atoms with E-state index < -0.39 is 0 Å². The summed E-state index contributed by atoms with van der Waals surface area (Å²) in [5, 5.41) is 0. The summed E-state index contributed by atoms with van der Waals surface area (Å²) in [4.78, 5) is 4.25. The van der Waals surface area contributed by atoms with E-state index in [0.29, 0.717) is 5.56 Å². The molecule has 2 rings (SSSR count). The molecule has 17 heavy (non-hydrogen) atoms. The van der Waals surface area contributed by atoms with Crippen molar-refractivity contribution in [1.82, 2.24) is 4.98 Å². The fraction of sp³-hybridized carbons (Fsp3) is 0.214. The van der Waals surface area contributed by atoms with E-state index >= 15 is 0 Å². The van der Waals surface area contributed by atoms with Crippen LogP contribution in [0.15, 0.2) is 36.5 Å². The normalized spacial score (nSPS) is 12.5. The second-order valence-electron chi connectivity index (χ2n) is 4.24. The van der Waals surface area contributed by atoms with Crippen molar-refractivity contribution in [2.24, 2.45) is 5.73 Å². The van der Waals surface area contributed by atoms with Crippen LogP contribution in [0.25, 0.3) is 0 Å². The Morgan fingerprint density at radius 2 is 1.94 bits per heavy atom. The summed E-state index contributed by atoms with van der Waals surface area (Å²) in [6.07, 6.45) is 1.74. The molecule has 0 aliphatic rings. The standard InChI is InChI=1S/C14H15FN2/c1-9-5-6-17-13(7-9)14(16)11-3-4-12(15)10(2)8-11/h3-8,14H,16H2,1-2H3. The van der Waals surface area contributed by atoms with Gasteiger partial charge in [0.15, 0.2) is 0 Å². The van der Waals surface area contributed by atoms with Crippen LogP contribution in [-0.4, -0.2) is 4.98 Å². The van der Waals surface area contributed by atoms with E-state index in [0.717, 1.165) is 16.8 Å². The van der Waals surface area contributed by atoms with Crippen LogP contribution in [0.5, 0.6) is 0 Å². The first-order chi connectivity index (χ1) is 8.08. The number of nitrogens with two attached hydrogens (primary N) is 1. The number of hydrogen-bond donors (Lipinski definition) is 1. The Morgan fingerprint density at radius 1 is 1.18 bits per heavy atom. The summed E-state index contributed by atoms with van der Waals surface area (Å²) in [6, 6.07) is 8.48. The van der Waals surface area contributed by atoms with Crippen LogP contribution in [0, 0.1) is 19.7 Å². The molecule has 1 aromatic carbocycles. The highest BCUT2D eigenvalue weighted by molar-refractivity contribution is 5.32. The molecule has 0 bridgehead atoms. The highest BCUT2D eigenvalue weighted by Gasteiger charge is 2.11. The Morgan fingerprint density at radius 3 is 2.59 bits per heavy atom.